The number of benzene rings is 1. The Balaban J connectivity index is 1.86. The summed E-state index contributed by atoms with van der Waals surface area (Å²) >= 11 is 0. The molecular formula is C15H21N3O. The van der Waals surface area contributed by atoms with Gasteiger partial charge in [0.15, 0.2) is 0 Å². The van der Waals surface area contributed by atoms with Crippen molar-refractivity contribution in [3.8, 4) is 0 Å². The van der Waals surface area contributed by atoms with Crippen molar-refractivity contribution in [2.24, 2.45) is 0 Å². The molecule has 1 amide bonds. The van der Waals surface area contributed by atoms with Gasteiger partial charge < -0.3 is 16.0 Å². The summed E-state index contributed by atoms with van der Waals surface area (Å²) in [6, 6.07) is 6.06. The number of nitrogens with zero attached hydrogens (tertiary/aromatic N) is 1. The number of nitrogens with two attached hydrogens (primary N) is 1. The largest absolute Gasteiger partial charge is 0.399 e. The predicted molar refractivity (Wildman–Crippen MR) is 77.4 cm³/mol. The molecular weight excluding hydrogens is 238 g/mol. The minimum absolute atomic E-state index is 0.0235. The van der Waals surface area contributed by atoms with Gasteiger partial charge in [0, 0.05) is 30.5 Å². The van der Waals surface area contributed by atoms with Crippen molar-refractivity contribution < 1.29 is 4.79 Å². The maximum atomic E-state index is 12.3. The minimum atomic E-state index is 0.0235. The quantitative estimate of drug-likeness (QED) is 0.818. The Morgan fingerprint density at radius 3 is 2.63 bits per heavy atom. The van der Waals surface area contributed by atoms with Crippen LogP contribution in [-0.2, 0) is 0 Å². The fourth-order valence-electron chi connectivity index (χ4n) is 2.64. The van der Waals surface area contributed by atoms with Crippen molar-refractivity contribution in [2.45, 2.75) is 38.1 Å². The molecule has 1 aromatic rings. The highest BCUT2D eigenvalue weighted by Crippen LogP contribution is 2.27. The van der Waals surface area contributed by atoms with Crippen LogP contribution in [0.3, 0.4) is 0 Å². The molecule has 0 atom stereocenters. The molecule has 1 heterocycles. The predicted octanol–water partition coefficient (Wildman–Crippen LogP) is 2.15. The summed E-state index contributed by atoms with van der Waals surface area (Å²) in [5.74, 6) is 0.0235. The first-order chi connectivity index (χ1) is 9.24. The van der Waals surface area contributed by atoms with E-state index < -0.39 is 0 Å². The summed E-state index contributed by atoms with van der Waals surface area (Å²) in [4.78, 5) is 14.6. The Bertz CT molecular complexity index is 476. The van der Waals surface area contributed by atoms with Crippen molar-refractivity contribution >= 4 is 17.3 Å². The van der Waals surface area contributed by atoms with E-state index in [2.05, 4.69) is 10.2 Å². The van der Waals surface area contributed by atoms with E-state index in [0.29, 0.717) is 11.7 Å². The summed E-state index contributed by atoms with van der Waals surface area (Å²) < 4.78 is 0. The highest BCUT2D eigenvalue weighted by Gasteiger charge is 2.26. The summed E-state index contributed by atoms with van der Waals surface area (Å²) in [7, 11) is 0. The Hall–Kier alpha value is -1.71. The SMILES string of the molecule is Nc1ccc(N2CCCCC2)c(C(=O)NC2CC2)c1. The van der Waals surface area contributed by atoms with E-state index in [1.807, 2.05) is 18.2 Å². The topological polar surface area (TPSA) is 58.4 Å². The number of hydrogen-bond acceptors (Lipinski definition) is 3. The van der Waals surface area contributed by atoms with Crippen molar-refractivity contribution in [3.63, 3.8) is 0 Å². The van der Waals surface area contributed by atoms with Crippen LogP contribution in [0.5, 0.6) is 0 Å². The number of nitrogen functional groups attached to an aromatic ring is 1. The number of carbonyl (C=O) groups excluding carboxylic acids is 1. The van der Waals surface area contributed by atoms with Crippen LogP contribution in [0.15, 0.2) is 18.2 Å². The van der Waals surface area contributed by atoms with Gasteiger partial charge in [-0.25, -0.2) is 0 Å². The number of nitrogens with one attached hydrogen (secondary N) is 1. The van der Waals surface area contributed by atoms with Gasteiger partial charge in [-0.15, -0.1) is 0 Å². The average molecular weight is 259 g/mol. The number of rotatable bonds is 3. The lowest BCUT2D eigenvalue weighted by molar-refractivity contribution is 0.0951. The van der Waals surface area contributed by atoms with E-state index in [1.165, 1.54) is 19.3 Å². The zero-order valence-electron chi connectivity index (χ0n) is 11.2. The van der Waals surface area contributed by atoms with Crippen molar-refractivity contribution in [3.05, 3.63) is 23.8 Å². The third-order valence-electron chi connectivity index (χ3n) is 3.87. The lowest BCUT2D eigenvalue weighted by Gasteiger charge is -2.30. The standard InChI is InChI=1S/C15H21N3O/c16-11-4-7-14(18-8-2-1-3-9-18)13(10-11)15(19)17-12-5-6-12/h4,7,10,12H,1-3,5-6,8-9,16H2,(H,17,19). The van der Waals surface area contributed by atoms with Crippen LogP contribution in [0.2, 0.25) is 0 Å². The molecule has 1 aromatic carbocycles. The number of carbonyl (C=O) groups is 1. The lowest BCUT2D eigenvalue weighted by Crippen LogP contribution is -2.33. The van der Waals surface area contributed by atoms with Crippen molar-refractivity contribution in [1.29, 1.82) is 0 Å². The third-order valence-corrected chi connectivity index (χ3v) is 3.87. The van der Waals surface area contributed by atoms with E-state index in [9.17, 15) is 4.79 Å². The van der Waals surface area contributed by atoms with Gasteiger partial charge >= 0.3 is 0 Å². The molecule has 0 radical (unpaired) electrons. The van der Waals surface area contributed by atoms with Crippen LogP contribution in [0, 0.1) is 0 Å². The first kappa shape index (κ1) is 12.3. The summed E-state index contributed by atoms with van der Waals surface area (Å²) in [6.07, 6.45) is 5.90. The third kappa shape index (κ3) is 2.83. The van der Waals surface area contributed by atoms with Crippen LogP contribution in [0.1, 0.15) is 42.5 Å². The Labute approximate surface area is 114 Å². The molecule has 19 heavy (non-hydrogen) atoms. The molecule has 1 saturated heterocycles. The minimum Gasteiger partial charge on any atom is -0.399 e. The van der Waals surface area contributed by atoms with Crippen LogP contribution in [-0.4, -0.2) is 25.0 Å². The summed E-state index contributed by atoms with van der Waals surface area (Å²) in [5, 5.41) is 3.06. The van der Waals surface area contributed by atoms with Crippen LogP contribution in [0.25, 0.3) is 0 Å². The highest BCUT2D eigenvalue weighted by atomic mass is 16.1. The fourth-order valence-corrected chi connectivity index (χ4v) is 2.64. The molecule has 4 heteroatoms. The monoisotopic (exact) mass is 259 g/mol. The van der Waals surface area contributed by atoms with Crippen LogP contribution >= 0.6 is 0 Å². The Morgan fingerprint density at radius 2 is 1.95 bits per heavy atom. The van der Waals surface area contributed by atoms with Gasteiger partial charge in [-0.3, -0.25) is 4.79 Å². The molecule has 3 rings (SSSR count). The van der Waals surface area contributed by atoms with Gasteiger partial charge in [-0.05, 0) is 50.3 Å². The number of anilines is 2. The van der Waals surface area contributed by atoms with Crippen molar-refractivity contribution in [1.82, 2.24) is 5.32 Å². The van der Waals surface area contributed by atoms with Gasteiger partial charge in [0.05, 0.1) is 5.56 Å². The average Bonchev–Trinajstić information content (AvgIpc) is 3.23. The Kier molecular flexibility index (Phi) is 3.32. The normalized spacial score (nSPS) is 19.3. The second-order valence-electron chi connectivity index (χ2n) is 5.57. The van der Waals surface area contributed by atoms with Gasteiger partial charge in [0.25, 0.3) is 5.91 Å². The maximum absolute atomic E-state index is 12.3. The highest BCUT2D eigenvalue weighted by molar-refractivity contribution is 6.01. The molecule has 1 saturated carbocycles. The number of hydrogen-bond donors (Lipinski definition) is 2. The second-order valence-corrected chi connectivity index (χ2v) is 5.57. The molecule has 0 bridgehead atoms. The number of piperidine rings is 1. The van der Waals surface area contributed by atoms with Gasteiger partial charge in [0.2, 0.25) is 0 Å². The van der Waals surface area contributed by atoms with Crippen LogP contribution in [0.4, 0.5) is 11.4 Å². The first-order valence-electron chi connectivity index (χ1n) is 7.19. The number of amides is 1. The van der Waals surface area contributed by atoms with Crippen molar-refractivity contribution in [2.75, 3.05) is 23.7 Å². The molecule has 3 N–H and O–H groups in total. The molecule has 2 fully saturated rings. The van der Waals surface area contributed by atoms with E-state index in [4.69, 9.17) is 5.73 Å². The molecule has 0 unspecified atom stereocenters. The molecule has 102 valence electrons. The zero-order chi connectivity index (χ0) is 13.2. The second kappa shape index (κ2) is 5.11. The van der Waals surface area contributed by atoms with E-state index in [1.54, 1.807) is 0 Å². The van der Waals surface area contributed by atoms with Gasteiger partial charge in [0.1, 0.15) is 0 Å². The van der Waals surface area contributed by atoms with Crippen LogP contribution < -0.4 is 16.0 Å². The lowest BCUT2D eigenvalue weighted by atomic mass is 10.1. The molecule has 4 nitrogen and oxygen atoms in total. The molecule has 1 aliphatic carbocycles. The molecule has 1 aliphatic heterocycles. The first-order valence-corrected chi connectivity index (χ1v) is 7.19. The fraction of sp³-hybridized carbons (Fsp3) is 0.533. The van der Waals surface area contributed by atoms with E-state index >= 15 is 0 Å². The molecule has 2 aliphatic rings. The maximum Gasteiger partial charge on any atom is 0.253 e. The molecule has 0 spiro atoms. The summed E-state index contributed by atoms with van der Waals surface area (Å²) in [5.41, 5.74) is 8.26. The summed E-state index contributed by atoms with van der Waals surface area (Å²) in [6.45, 7) is 2.07. The smallest absolute Gasteiger partial charge is 0.253 e. The molecule has 0 aromatic heterocycles. The van der Waals surface area contributed by atoms with E-state index in [-0.39, 0.29) is 5.91 Å². The Morgan fingerprint density at radius 1 is 1.21 bits per heavy atom. The van der Waals surface area contributed by atoms with E-state index in [0.717, 1.165) is 37.2 Å². The zero-order valence-corrected chi connectivity index (χ0v) is 11.2. The van der Waals surface area contributed by atoms with Gasteiger partial charge in [-0.1, -0.05) is 0 Å². The van der Waals surface area contributed by atoms with Gasteiger partial charge in [-0.2, -0.15) is 0 Å².